The molecular weight excluding hydrogens is 472 g/mol. The van der Waals surface area contributed by atoms with Gasteiger partial charge in [-0.15, -0.1) is 0 Å². The molecule has 0 bridgehead atoms. The van der Waals surface area contributed by atoms with Gasteiger partial charge >= 0.3 is 5.97 Å². The fourth-order valence-electron chi connectivity index (χ4n) is 4.32. The van der Waals surface area contributed by atoms with E-state index < -0.39 is 5.97 Å². The van der Waals surface area contributed by atoms with Crippen LogP contribution in [0.5, 0.6) is 11.5 Å². The third-order valence-electron chi connectivity index (χ3n) is 7.03. The summed E-state index contributed by atoms with van der Waals surface area (Å²) >= 11 is 0. The first-order valence-electron chi connectivity index (χ1n) is 14.4. The van der Waals surface area contributed by atoms with Gasteiger partial charge in [-0.1, -0.05) is 59.3 Å². The maximum absolute atomic E-state index is 12.6. The Morgan fingerprint density at radius 3 is 2.11 bits per heavy atom. The van der Waals surface area contributed by atoms with Crippen LogP contribution in [0.2, 0.25) is 0 Å². The largest absolute Gasteiger partial charge is 0.491 e. The molecule has 3 rings (SSSR count). The van der Waals surface area contributed by atoms with Crippen LogP contribution in [0.3, 0.4) is 0 Å². The standard InChI is InChI=1S/C33H44N2O3/c1-5-7-8-9-13-26(4)37-30-21-17-29(18-22-30)33(36)38-31-19-15-28(16-20-31)32-34-23-27(24-35-32)14-11-10-12-25(3)6-2/h15-26H,5-14H2,1-4H3/t25?,26-/m1/s1. The molecule has 1 unspecified atom stereocenters. The van der Waals surface area contributed by atoms with Gasteiger partial charge in [-0.3, -0.25) is 0 Å². The summed E-state index contributed by atoms with van der Waals surface area (Å²) in [6.07, 6.45) is 15.9. The van der Waals surface area contributed by atoms with E-state index in [1.165, 1.54) is 56.9 Å². The van der Waals surface area contributed by atoms with Crippen molar-refractivity contribution in [2.24, 2.45) is 5.92 Å². The number of hydrogen-bond acceptors (Lipinski definition) is 5. The molecular formula is C33H44N2O3. The van der Waals surface area contributed by atoms with Crippen LogP contribution in [0.4, 0.5) is 0 Å². The van der Waals surface area contributed by atoms with Crippen molar-refractivity contribution in [3.63, 3.8) is 0 Å². The number of aryl methyl sites for hydroxylation is 1. The Morgan fingerprint density at radius 2 is 1.45 bits per heavy atom. The molecule has 0 aliphatic heterocycles. The van der Waals surface area contributed by atoms with Gasteiger partial charge in [-0.05, 0) is 92.6 Å². The lowest BCUT2D eigenvalue weighted by molar-refractivity contribution is 0.0734. The number of rotatable bonds is 16. The highest BCUT2D eigenvalue weighted by atomic mass is 16.5. The van der Waals surface area contributed by atoms with Crippen LogP contribution in [0.15, 0.2) is 60.9 Å². The first kappa shape index (κ1) is 29.3. The molecule has 2 atom stereocenters. The third-order valence-corrected chi connectivity index (χ3v) is 7.03. The molecule has 0 aliphatic carbocycles. The Hall–Kier alpha value is -3.21. The van der Waals surface area contributed by atoms with Gasteiger partial charge in [-0.25, -0.2) is 14.8 Å². The lowest BCUT2D eigenvalue weighted by atomic mass is 10.00. The van der Waals surface area contributed by atoms with Crippen LogP contribution in [0, 0.1) is 5.92 Å². The number of benzene rings is 2. The minimum Gasteiger partial charge on any atom is -0.491 e. The van der Waals surface area contributed by atoms with E-state index in [1.807, 2.05) is 36.7 Å². The molecule has 0 aliphatic rings. The third kappa shape index (κ3) is 9.92. The van der Waals surface area contributed by atoms with Crippen LogP contribution < -0.4 is 9.47 Å². The van der Waals surface area contributed by atoms with Gasteiger partial charge in [0.15, 0.2) is 5.82 Å². The zero-order valence-corrected chi connectivity index (χ0v) is 23.6. The first-order chi connectivity index (χ1) is 18.5. The highest BCUT2D eigenvalue weighted by Gasteiger charge is 2.11. The fraction of sp³-hybridized carbons (Fsp3) is 0.485. The van der Waals surface area contributed by atoms with Gasteiger partial charge < -0.3 is 9.47 Å². The number of carbonyl (C=O) groups excluding carboxylic acids is 1. The van der Waals surface area contributed by atoms with Crippen LogP contribution in [0.25, 0.3) is 11.4 Å². The molecule has 5 heteroatoms. The summed E-state index contributed by atoms with van der Waals surface area (Å²) in [7, 11) is 0. The second-order valence-corrected chi connectivity index (χ2v) is 10.4. The number of ether oxygens (including phenoxy) is 2. The summed E-state index contributed by atoms with van der Waals surface area (Å²) in [6.45, 7) is 8.87. The van der Waals surface area contributed by atoms with Crippen molar-refractivity contribution >= 4 is 5.97 Å². The predicted molar refractivity (Wildman–Crippen MR) is 155 cm³/mol. The maximum Gasteiger partial charge on any atom is 0.343 e. The van der Waals surface area contributed by atoms with Crippen molar-refractivity contribution in [3.05, 3.63) is 72.1 Å². The predicted octanol–water partition coefficient (Wildman–Crippen LogP) is 8.86. The van der Waals surface area contributed by atoms with E-state index in [4.69, 9.17) is 9.47 Å². The van der Waals surface area contributed by atoms with Crippen molar-refractivity contribution in [3.8, 4) is 22.9 Å². The van der Waals surface area contributed by atoms with Gasteiger partial charge in [0.2, 0.25) is 0 Å². The van der Waals surface area contributed by atoms with E-state index in [9.17, 15) is 4.79 Å². The summed E-state index contributed by atoms with van der Waals surface area (Å²) in [5.74, 6) is 2.32. The van der Waals surface area contributed by atoms with Crippen LogP contribution in [-0.4, -0.2) is 22.0 Å². The van der Waals surface area contributed by atoms with Crippen LogP contribution in [-0.2, 0) is 6.42 Å². The van der Waals surface area contributed by atoms with Crippen molar-refractivity contribution in [1.29, 1.82) is 0 Å². The average molecular weight is 517 g/mol. The van der Waals surface area contributed by atoms with Gasteiger partial charge in [0.25, 0.3) is 0 Å². The SMILES string of the molecule is CCCCCC[C@@H](C)Oc1ccc(C(=O)Oc2ccc(-c3ncc(CCCCC(C)CC)cn3)cc2)cc1. The minimum atomic E-state index is -0.397. The zero-order valence-electron chi connectivity index (χ0n) is 23.6. The van der Waals surface area contributed by atoms with Crippen molar-refractivity contribution in [1.82, 2.24) is 9.97 Å². The van der Waals surface area contributed by atoms with E-state index >= 15 is 0 Å². The van der Waals surface area contributed by atoms with Gasteiger partial charge in [0.1, 0.15) is 11.5 Å². The molecule has 0 N–H and O–H groups in total. The quantitative estimate of drug-likeness (QED) is 0.108. The van der Waals surface area contributed by atoms with Crippen LogP contribution >= 0.6 is 0 Å². The lowest BCUT2D eigenvalue weighted by Crippen LogP contribution is -2.12. The van der Waals surface area contributed by atoms with E-state index in [0.717, 1.165) is 30.1 Å². The second kappa shape index (κ2) is 15.9. The number of hydrogen-bond donors (Lipinski definition) is 0. The van der Waals surface area contributed by atoms with Crippen molar-refractivity contribution in [2.75, 3.05) is 0 Å². The first-order valence-corrected chi connectivity index (χ1v) is 14.4. The normalized spacial score (nSPS) is 12.6. The number of carbonyl (C=O) groups is 1. The highest BCUT2D eigenvalue weighted by molar-refractivity contribution is 5.91. The lowest BCUT2D eigenvalue weighted by Gasteiger charge is -2.14. The summed E-state index contributed by atoms with van der Waals surface area (Å²) in [5, 5.41) is 0. The number of aromatic nitrogens is 2. The molecule has 3 aromatic rings. The Kier molecular flexibility index (Phi) is 12.3. The molecule has 0 spiro atoms. The molecule has 204 valence electrons. The second-order valence-electron chi connectivity index (χ2n) is 10.4. The Bertz CT molecular complexity index is 1080. The molecule has 0 saturated carbocycles. The molecule has 1 aromatic heterocycles. The Balaban J connectivity index is 1.46. The molecule has 2 aromatic carbocycles. The van der Waals surface area contributed by atoms with Crippen molar-refractivity contribution in [2.45, 2.75) is 98.0 Å². The van der Waals surface area contributed by atoms with E-state index in [0.29, 0.717) is 17.1 Å². The smallest absolute Gasteiger partial charge is 0.343 e. The molecule has 1 heterocycles. The number of esters is 1. The highest BCUT2D eigenvalue weighted by Crippen LogP contribution is 2.22. The molecule has 0 amide bonds. The summed E-state index contributed by atoms with van der Waals surface area (Å²) in [4.78, 5) is 21.7. The molecule has 5 nitrogen and oxygen atoms in total. The van der Waals surface area contributed by atoms with Gasteiger partial charge in [-0.2, -0.15) is 0 Å². The molecule has 0 fully saturated rings. The molecule has 38 heavy (non-hydrogen) atoms. The van der Waals surface area contributed by atoms with Gasteiger partial charge in [0.05, 0.1) is 11.7 Å². The maximum atomic E-state index is 12.6. The average Bonchev–Trinajstić information content (AvgIpc) is 2.94. The summed E-state index contributed by atoms with van der Waals surface area (Å²) < 4.78 is 11.5. The van der Waals surface area contributed by atoms with E-state index in [1.54, 1.807) is 24.3 Å². The minimum absolute atomic E-state index is 0.155. The monoisotopic (exact) mass is 516 g/mol. The fourth-order valence-corrected chi connectivity index (χ4v) is 4.32. The number of nitrogens with zero attached hydrogens (tertiary/aromatic N) is 2. The van der Waals surface area contributed by atoms with E-state index in [-0.39, 0.29) is 6.10 Å². The van der Waals surface area contributed by atoms with Gasteiger partial charge in [0, 0.05) is 18.0 Å². The number of unbranched alkanes of at least 4 members (excludes halogenated alkanes) is 4. The van der Waals surface area contributed by atoms with Crippen molar-refractivity contribution < 1.29 is 14.3 Å². The molecule has 0 saturated heterocycles. The Morgan fingerprint density at radius 1 is 0.789 bits per heavy atom. The molecule has 0 radical (unpaired) electrons. The van der Waals surface area contributed by atoms with E-state index in [2.05, 4.69) is 37.7 Å². The van der Waals surface area contributed by atoms with Crippen LogP contribution in [0.1, 0.15) is 101 Å². The Labute approximate surface area is 229 Å². The summed E-state index contributed by atoms with van der Waals surface area (Å²) in [6, 6.07) is 14.5. The topological polar surface area (TPSA) is 61.3 Å². The zero-order chi connectivity index (χ0) is 27.2. The summed E-state index contributed by atoms with van der Waals surface area (Å²) in [5.41, 5.74) is 2.54.